The average molecular weight is 259 g/mol. The maximum Gasteiger partial charge on any atom is 1.00 e. The van der Waals surface area contributed by atoms with Crippen molar-refractivity contribution in [2.45, 2.75) is 0 Å². The summed E-state index contributed by atoms with van der Waals surface area (Å²) in [7, 11) is -3.34. The quantitative estimate of drug-likeness (QED) is 0.171. The summed E-state index contributed by atoms with van der Waals surface area (Å²) >= 11 is 0. The molecule has 8 nitrogen and oxygen atoms in total. The molecule has 0 saturated heterocycles. The number of likely N-dealkylation sites (N-methyl/N-ethyl adjacent to an activating group) is 1. The Hall–Kier alpha value is 0.890. The van der Waals surface area contributed by atoms with Crippen LogP contribution in [0.4, 0.5) is 0 Å². The summed E-state index contributed by atoms with van der Waals surface area (Å²) in [5, 5.41) is 8.28. The fourth-order valence-corrected chi connectivity index (χ4v) is 0.913. The molecule has 0 aliphatic rings. The first kappa shape index (κ1) is 21.2. The van der Waals surface area contributed by atoms with E-state index in [4.69, 9.17) is 20.6 Å². The van der Waals surface area contributed by atoms with Gasteiger partial charge in [0.1, 0.15) is 6.54 Å². The van der Waals surface area contributed by atoms with Gasteiger partial charge >= 0.3 is 72.8 Å². The molecule has 0 saturated carbocycles. The molecule has 5 N–H and O–H groups in total. The van der Waals surface area contributed by atoms with Gasteiger partial charge in [-0.05, 0) is 0 Å². The third-order valence-electron chi connectivity index (χ3n) is 0.996. The van der Waals surface area contributed by atoms with Gasteiger partial charge in [-0.3, -0.25) is 4.79 Å². The minimum absolute atomic E-state index is 0. The Labute approximate surface area is 134 Å². The zero-order valence-corrected chi connectivity index (χ0v) is 13.7. The van der Waals surface area contributed by atoms with Gasteiger partial charge in [0.25, 0.3) is 0 Å². The van der Waals surface area contributed by atoms with Crippen LogP contribution in [-0.2, 0) is 9.36 Å². The molecule has 0 amide bonds. The molecule has 0 aliphatic carbocycles. The van der Waals surface area contributed by atoms with Crippen LogP contribution in [0.1, 0.15) is 2.85 Å². The van der Waals surface area contributed by atoms with Crippen molar-refractivity contribution >= 4 is 19.7 Å². The predicted molar refractivity (Wildman–Crippen MR) is 46.2 cm³/mol. The second-order valence-corrected chi connectivity index (χ2v) is 3.45. The number of hydrogen-bond donors (Lipinski definition) is 4. The molecule has 0 atom stereocenters. The molecule has 15 heavy (non-hydrogen) atoms. The first-order chi connectivity index (χ1) is 5.72. The van der Waals surface area contributed by atoms with E-state index in [1.165, 1.54) is 7.05 Å². The molecule has 0 unspecified atom stereocenters. The van der Waals surface area contributed by atoms with Crippen LogP contribution < -0.4 is 64.8 Å². The molecule has 0 aromatic carbocycles. The zero-order chi connectivity index (χ0) is 10.6. The standard InChI is InChI=1S/C4H10N3O5P.2Na.2H/c1-7(2-3(8)9)4(5)6-13(10,11)12;;;;/h2H2,1H3,(H,8,9)(H4,5,6,10,11,12);;;;/q;2*+1;2*-1. The van der Waals surface area contributed by atoms with Gasteiger partial charge in [0.05, 0.1) is 0 Å². The third-order valence-corrected chi connectivity index (χ3v) is 1.46. The van der Waals surface area contributed by atoms with E-state index >= 15 is 0 Å². The van der Waals surface area contributed by atoms with Crippen molar-refractivity contribution in [3.63, 3.8) is 0 Å². The number of carbonyl (C=O) groups is 1. The molecule has 0 aliphatic heterocycles. The number of rotatable bonds is 3. The fourth-order valence-electron chi connectivity index (χ4n) is 0.494. The van der Waals surface area contributed by atoms with Crippen LogP contribution in [0, 0.1) is 0 Å². The van der Waals surface area contributed by atoms with E-state index in [2.05, 4.69) is 4.76 Å². The Morgan fingerprint density at radius 3 is 2.20 bits per heavy atom. The average Bonchev–Trinajstić information content (AvgIpc) is 1.81. The second-order valence-electron chi connectivity index (χ2n) is 2.22. The van der Waals surface area contributed by atoms with Gasteiger partial charge in [-0.15, -0.1) is 4.76 Å². The van der Waals surface area contributed by atoms with Crippen LogP contribution in [0.3, 0.4) is 0 Å². The van der Waals surface area contributed by atoms with Crippen molar-refractivity contribution in [2.75, 3.05) is 13.6 Å². The number of nitrogens with zero attached hydrogens (tertiary/aromatic N) is 2. The summed E-state index contributed by atoms with van der Waals surface area (Å²) in [4.78, 5) is 27.7. The second kappa shape index (κ2) is 8.98. The van der Waals surface area contributed by atoms with E-state index in [1.807, 2.05) is 0 Å². The van der Waals surface area contributed by atoms with Crippen LogP contribution in [0.2, 0.25) is 0 Å². The van der Waals surface area contributed by atoms with E-state index in [0.717, 1.165) is 4.90 Å². The Kier molecular flexibility index (Phi) is 12.7. The Bertz CT molecular complexity index is 288. The maximum absolute atomic E-state index is 10.3. The van der Waals surface area contributed by atoms with Crippen molar-refractivity contribution in [2.24, 2.45) is 10.5 Å². The van der Waals surface area contributed by atoms with E-state index in [-0.39, 0.29) is 62.0 Å². The van der Waals surface area contributed by atoms with Crippen molar-refractivity contribution in [3.8, 4) is 0 Å². The van der Waals surface area contributed by atoms with Gasteiger partial charge in [0.2, 0.25) is 5.96 Å². The van der Waals surface area contributed by atoms with Gasteiger partial charge in [0.15, 0.2) is 0 Å². The van der Waals surface area contributed by atoms with Crippen molar-refractivity contribution in [1.82, 2.24) is 4.90 Å². The molecule has 11 heteroatoms. The van der Waals surface area contributed by atoms with Crippen LogP contribution in [-0.4, -0.2) is 45.3 Å². The Balaban J connectivity index is -0.000000120. The summed E-state index contributed by atoms with van der Waals surface area (Å²) in [5.74, 6) is -1.69. The predicted octanol–water partition coefficient (Wildman–Crippen LogP) is -7.36. The van der Waals surface area contributed by atoms with E-state index in [1.54, 1.807) is 0 Å². The van der Waals surface area contributed by atoms with E-state index < -0.39 is 26.2 Å². The van der Waals surface area contributed by atoms with Crippen LogP contribution in [0.25, 0.3) is 0 Å². The molecule has 80 valence electrons. The van der Waals surface area contributed by atoms with Crippen LogP contribution in [0.5, 0.6) is 0 Å². The first-order valence-electron chi connectivity index (χ1n) is 3.06. The topological polar surface area (TPSA) is 136 Å². The zero-order valence-electron chi connectivity index (χ0n) is 10.8. The van der Waals surface area contributed by atoms with Gasteiger partial charge in [-0.25, -0.2) is 4.57 Å². The summed E-state index contributed by atoms with van der Waals surface area (Å²) in [5.41, 5.74) is 5.07. The number of nitrogens with two attached hydrogens (primary N) is 1. The molecule has 0 bridgehead atoms. The molecule has 0 heterocycles. The van der Waals surface area contributed by atoms with Crippen molar-refractivity contribution in [1.29, 1.82) is 0 Å². The monoisotopic (exact) mass is 259 g/mol. The van der Waals surface area contributed by atoms with Gasteiger partial charge < -0.3 is 28.4 Å². The fraction of sp³-hybridized carbons (Fsp3) is 0.500. The molecule has 0 aromatic heterocycles. The number of hydrogen-bond acceptors (Lipinski definition) is 2. The van der Waals surface area contributed by atoms with Gasteiger partial charge in [-0.2, -0.15) is 0 Å². The maximum atomic E-state index is 10.3. The molecule has 0 rings (SSSR count). The summed E-state index contributed by atoms with van der Waals surface area (Å²) in [6.07, 6.45) is 0. The van der Waals surface area contributed by atoms with E-state index in [9.17, 15) is 9.36 Å². The van der Waals surface area contributed by atoms with Gasteiger partial charge in [0, 0.05) is 7.05 Å². The summed E-state index contributed by atoms with van der Waals surface area (Å²) in [6, 6.07) is 0. The first-order valence-corrected chi connectivity index (χ1v) is 4.63. The number of carboxylic acid groups (broad SMARTS) is 1. The molecular weight excluding hydrogens is 247 g/mol. The molecular formula is C4H12N3Na2O5P. The number of aliphatic carboxylic acids is 1. The molecule has 0 aromatic rings. The largest absolute Gasteiger partial charge is 1.00 e. The van der Waals surface area contributed by atoms with E-state index in [0.29, 0.717) is 0 Å². The smallest absolute Gasteiger partial charge is 1.00 e. The normalized spacial score (nSPS) is 11.0. The Morgan fingerprint density at radius 1 is 1.53 bits per heavy atom. The van der Waals surface area contributed by atoms with Crippen molar-refractivity contribution < 1.29 is 86.2 Å². The summed E-state index contributed by atoms with van der Waals surface area (Å²) in [6.45, 7) is -0.477. The Morgan fingerprint density at radius 2 is 1.93 bits per heavy atom. The SMILES string of the molecule is CN(CC(=O)O)C(N)=NP(=O)(O)O.[H-].[H-].[Na+].[Na+]. The molecule has 0 spiro atoms. The number of carboxylic acids is 1. The van der Waals surface area contributed by atoms with Crippen LogP contribution >= 0.6 is 7.75 Å². The van der Waals surface area contributed by atoms with Crippen molar-refractivity contribution in [3.05, 3.63) is 0 Å². The molecule has 0 radical (unpaired) electrons. The van der Waals surface area contributed by atoms with Gasteiger partial charge in [-0.1, -0.05) is 0 Å². The molecule has 0 fully saturated rings. The minimum Gasteiger partial charge on any atom is -1.00 e. The third kappa shape index (κ3) is 12.8. The summed E-state index contributed by atoms with van der Waals surface area (Å²) < 4.78 is 13.1. The van der Waals surface area contributed by atoms with Crippen LogP contribution in [0.15, 0.2) is 4.76 Å². The minimum atomic E-state index is -4.59. The number of guanidine groups is 1.